The Morgan fingerprint density at radius 3 is 2.13 bits per heavy atom. The van der Waals surface area contributed by atoms with Crippen molar-refractivity contribution in [1.82, 2.24) is 10.6 Å². The molecule has 0 fully saturated rings. The SMILES string of the molecule is CCOc1ccc(C(=O)N[C@H](C(=O)OCC(=O)N[C@@H](C)c2ccccc2)C(C)C)cc1. The number of hydrogen-bond donors (Lipinski definition) is 2. The van der Waals surface area contributed by atoms with Crippen LogP contribution in [-0.2, 0) is 14.3 Å². The zero-order chi connectivity index (χ0) is 22.8. The van der Waals surface area contributed by atoms with E-state index in [0.29, 0.717) is 17.9 Å². The molecule has 0 unspecified atom stereocenters. The van der Waals surface area contributed by atoms with Gasteiger partial charge in [-0.25, -0.2) is 4.79 Å². The topological polar surface area (TPSA) is 93.7 Å². The Balaban J connectivity index is 1.89. The molecule has 2 amide bonds. The molecule has 0 saturated heterocycles. The van der Waals surface area contributed by atoms with Crippen molar-refractivity contribution >= 4 is 17.8 Å². The van der Waals surface area contributed by atoms with Gasteiger partial charge in [0, 0.05) is 5.56 Å². The number of rotatable bonds is 10. The second-order valence-corrected chi connectivity index (χ2v) is 7.46. The Bertz CT molecular complexity index is 865. The first kappa shape index (κ1) is 23.9. The smallest absolute Gasteiger partial charge is 0.329 e. The van der Waals surface area contributed by atoms with Crippen molar-refractivity contribution in [2.24, 2.45) is 5.92 Å². The second kappa shape index (κ2) is 11.7. The van der Waals surface area contributed by atoms with Crippen LogP contribution >= 0.6 is 0 Å². The molecule has 0 heterocycles. The van der Waals surface area contributed by atoms with Gasteiger partial charge in [0.1, 0.15) is 11.8 Å². The summed E-state index contributed by atoms with van der Waals surface area (Å²) in [6, 6.07) is 15.0. The Morgan fingerprint density at radius 1 is 0.903 bits per heavy atom. The zero-order valence-electron chi connectivity index (χ0n) is 18.4. The molecule has 7 nitrogen and oxygen atoms in total. The van der Waals surface area contributed by atoms with Crippen molar-refractivity contribution in [3.8, 4) is 5.75 Å². The van der Waals surface area contributed by atoms with E-state index in [1.165, 1.54) is 0 Å². The summed E-state index contributed by atoms with van der Waals surface area (Å²) in [6.07, 6.45) is 0. The third kappa shape index (κ3) is 7.44. The fourth-order valence-corrected chi connectivity index (χ4v) is 2.93. The van der Waals surface area contributed by atoms with Crippen LogP contribution in [-0.4, -0.2) is 37.0 Å². The molecule has 0 aliphatic carbocycles. The molecule has 0 radical (unpaired) electrons. The summed E-state index contributed by atoms with van der Waals surface area (Å²) in [4.78, 5) is 37.2. The molecule has 7 heteroatoms. The normalized spacial score (nSPS) is 12.5. The molecule has 0 aliphatic heterocycles. The van der Waals surface area contributed by atoms with Gasteiger partial charge in [-0.3, -0.25) is 9.59 Å². The Kier molecular flexibility index (Phi) is 9.06. The van der Waals surface area contributed by atoms with Crippen molar-refractivity contribution < 1.29 is 23.9 Å². The van der Waals surface area contributed by atoms with Crippen molar-refractivity contribution in [1.29, 1.82) is 0 Å². The van der Waals surface area contributed by atoms with Crippen molar-refractivity contribution in [3.05, 3.63) is 65.7 Å². The molecular formula is C24H30N2O5. The number of ether oxygens (including phenoxy) is 2. The minimum absolute atomic E-state index is 0.215. The lowest BCUT2D eigenvalue weighted by molar-refractivity contribution is -0.151. The zero-order valence-corrected chi connectivity index (χ0v) is 18.4. The van der Waals surface area contributed by atoms with E-state index < -0.39 is 30.4 Å². The van der Waals surface area contributed by atoms with E-state index in [4.69, 9.17) is 9.47 Å². The largest absolute Gasteiger partial charge is 0.494 e. The van der Waals surface area contributed by atoms with Crippen molar-refractivity contribution in [3.63, 3.8) is 0 Å². The quantitative estimate of drug-likeness (QED) is 0.569. The lowest BCUT2D eigenvalue weighted by atomic mass is 10.0. The summed E-state index contributed by atoms with van der Waals surface area (Å²) in [6.45, 7) is 7.43. The van der Waals surface area contributed by atoms with E-state index in [2.05, 4.69) is 10.6 Å². The van der Waals surface area contributed by atoms with Gasteiger partial charge in [0.25, 0.3) is 11.8 Å². The van der Waals surface area contributed by atoms with Gasteiger partial charge in [-0.05, 0) is 49.6 Å². The summed E-state index contributed by atoms with van der Waals surface area (Å²) in [5.41, 5.74) is 1.35. The van der Waals surface area contributed by atoms with Crippen LogP contribution in [0.2, 0.25) is 0 Å². The molecule has 166 valence electrons. The van der Waals surface area contributed by atoms with Gasteiger partial charge in [-0.15, -0.1) is 0 Å². The number of benzene rings is 2. The minimum atomic E-state index is -0.876. The maximum absolute atomic E-state index is 12.5. The van der Waals surface area contributed by atoms with E-state index in [-0.39, 0.29) is 12.0 Å². The molecular weight excluding hydrogens is 396 g/mol. The van der Waals surface area contributed by atoms with Crippen LogP contribution in [0, 0.1) is 5.92 Å². The Labute approximate surface area is 183 Å². The number of nitrogens with one attached hydrogen (secondary N) is 2. The molecule has 0 aromatic heterocycles. The van der Waals surface area contributed by atoms with Gasteiger partial charge in [-0.2, -0.15) is 0 Å². The van der Waals surface area contributed by atoms with E-state index in [9.17, 15) is 14.4 Å². The molecule has 0 spiro atoms. The third-order valence-electron chi connectivity index (χ3n) is 4.66. The number of carbonyl (C=O) groups excluding carboxylic acids is 3. The van der Waals surface area contributed by atoms with Crippen LogP contribution in [0.1, 0.15) is 49.7 Å². The maximum atomic E-state index is 12.5. The fourth-order valence-electron chi connectivity index (χ4n) is 2.93. The molecule has 2 aromatic rings. The van der Waals surface area contributed by atoms with Gasteiger partial charge in [0.05, 0.1) is 12.6 Å². The molecule has 2 aromatic carbocycles. The first-order valence-corrected chi connectivity index (χ1v) is 10.4. The lowest BCUT2D eigenvalue weighted by Crippen LogP contribution is -2.46. The van der Waals surface area contributed by atoms with Crippen LogP contribution in [0.4, 0.5) is 0 Å². The average Bonchev–Trinajstić information content (AvgIpc) is 2.76. The summed E-state index contributed by atoms with van der Waals surface area (Å²) in [5, 5.41) is 5.47. The molecule has 2 atom stereocenters. The highest BCUT2D eigenvalue weighted by atomic mass is 16.5. The predicted molar refractivity (Wildman–Crippen MR) is 118 cm³/mol. The molecule has 0 bridgehead atoms. The number of esters is 1. The van der Waals surface area contributed by atoms with Crippen molar-refractivity contribution in [2.45, 2.75) is 39.8 Å². The maximum Gasteiger partial charge on any atom is 0.329 e. The predicted octanol–water partition coefficient (Wildman–Crippen LogP) is 3.26. The van der Waals surface area contributed by atoms with E-state index in [0.717, 1.165) is 5.56 Å². The van der Waals surface area contributed by atoms with Gasteiger partial charge in [0.2, 0.25) is 0 Å². The average molecular weight is 427 g/mol. The van der Waals surface area contributed by atoms with Crippen molar-refractivity contribution in [2.75, 3.05) is 13.2 Å². The van der Waals surface area contributed by atoms with Gasteiger partial charge in [-0.1, -0.05) is 44.2 Å². The molecule has 31 heavy (non-hydrogen) atoms. The summed E-state index contributed by atoms with van der Waals surface area (Å²) >= 11 is 0. The second-order valence-electron chi connectivity index (χ2n) is 7.46. The van der Waals surface area contributed by atoms with Crippen LogP contribution in [0.5, 0.6) is 5.75 Å². The van der Waals surface area contributed by atoms with E-state index in [1.807, 2.05) is 44.2 Å². The first-order valence-electron chi connectivity index (χ1n) is 10.4. The van der Waals surface area contributed by atoms with Crippen LogP contribution in [0.15, 0.2) is 54.6 Å². The van der Waals surface area contributed by atoms with Gasteiger partial charge in [0.15, 0.2) is 6.61 Å². The van der Waals surface area contributed by atoms with Gasteiger partial charge < -0.3 is 20.1 Å². The summed E-state index contributed by atoms with van der Waals surface area (Å²) in [5.74, 6) is -1.03. The molecule has 2 rings (SSSR count). The first-order chi connectivity index (χ1) is 14.8. The lowest BCUT2D eigenvalue weighted by Gasteiger charge is -2.21. The molecule has 2 N–H and O–H groups in total. The molecule has 0 saturated carbocycles. The highest BCUT2D eigenvalue weighted by Crippen LogP contribution is 2.14. The Hall–Kier alpha value is -3.35. The summed E-state index contributed by atoms with van der Waals surface area (Å²) in [7, 11) is 0. The Morgan fingerprint density at radius 2 is 1.55 bits per heavy atom. The van der Waals surface area contributed by atoms with E-state index >= 15 is 0 Å². The van der Waals surface area contributed by atoms with Gasteiger partial charge >= 0.3 is 5.97 Å². The minimum Gasteiger partial charge on any atom is -0.494 e. The number of carbonyl (C=O) groups is 3. The highest BCUT2D eigenvalue weighted by Gasteiger charge is 2.27. The third-order valence-corrected chi connectivity index (χ3v) is 4.66. The molecule has 0 aliphatic rings. The highest BCUT2D eigenvalue weighted by molar-refractivity contribution is 5.97. The standard InChI is InChI=1S/C24H30N2O5/c1-5-30-20-13-11-19(12-14-20)23(28)26-22(16(2)3)24(29)31-15-21(27)25-17(4)18-9-7-6-8-10-18/h6-14,16-17,22H,5,15H2,1-4H3,(H,25,27)(H,26,28)/t17-,22-/m0/s1. The fraction of sp³-hybridized carbons (Fsp3) is 0.375. The number of amides is 2. The van der Waals surface area contributed by atoms with E-state index in [1.54, 1.807) is 38.1 Å². The monoisotopic (exact) mass is 426 g/mol. The van der Waals surface area contributed by atoms with Crippen LogP contribution in [0.25, 0.3) is 0 Å². The summed E-state index contributed by atoms with van der Waals surface area (Å²) < 4.78 is 10.5. The number of hydrogen-bond acceptors (Lipinski definition) is 5. The van der Waals surface area contributed by atoms with Crippen LogP contribution < -0.4 is 15.4 Å². The van der Waals surface area contributed by atoms with Crippen LogP contribution in [0.3, 0.4) is 0 Å².